The molecule has 4 aliphatic rings. The van der Waals surface area contributed by atoms with Gasteiger partial charge in [-0.1, -0.05) is 0 Å². The van der Waals surface area contributed by atoms with Crippen molar-refractivity contribution in [3.8, 4) is 5.75 Å². The molecule has 2 saturated heterocycles. The van der Waals surface area contributed by atoms with Crippen molar-refractivity contribution in [2.45, 2.75) is 64.3 Å². The van der Waals surface area contributed by atoms with Crippen LogP contribution in [0.15, 0.2) is 38.4 Å². The van der Waals surface area contributed by atoms with Crippen LogP contribution in [0.3, 0.4) is 0 Å². The number of rotatable bonds is 5. The number of amides is 2. The topological polar surface area (TPSA) is 97.5 Å². The molecule has 8 nitrogen and oxygen atoms in total. The van der Waals surface area contributed by atoms with Crippen LogP contribution in [0, 0.1) is 0 Å². The molecule has 2 atom stereocenters. The van der Waals surface area contributed by atoms with Gasteiger partial charge in [0, 0.05) is 0 Å². The summed E-state index contributed by atoms with van der Waals surface area (Å²) < 4.78 is 14.6. The second-order valence-corrected chi connectivity index (χ2v) is 15.5. The first-order valence-electron chi connectivity index (χ1n) is 13.0. The molecule has 9 heteroatoms. The molecule has 0 unspecified atom stereocenters. The number of benzene rings is 1. The van der Waals surface area contributed by atoms with Crippen molar-refractivity contribution in [3.63, 3.8) is 0 Å². The number of carbonyl (C=O) groups is 2. The SMILES string of the molecule is C[C@@H]1CN(C(=O)C2=NCI(CC(=O)N3CCC(Oc4ccccc4N)CC3)C3=C2CCC3)C[C@H](C)O1. The van der Waals surface area contributed by atoms with Crippen LogP contribution in [0.4, 0.5) is 5.69 Å². The Balaban J connectivity index is 1.17. The summed E-state index contributed by atoms with van der Waals surface area (Å²) in [6, 6.07) is 7.57. The van der Waals surface area contributed by atoms with E-state index in [-0.39, 0.29) is 30.1 Å². The number of morpholine rings is 1. The number of carbonyl (C=O) groups excluding carboxylic acids is 2. The van der Waals surface area contributed by atoms with Crippen LogP contribution in [-0.2, 0) is 14.3 Å². The third kappa shape index (κ3) is 5.56. The third-order valence-electron chi connectivity index (χ3n) is 7.31. The molecule has 3 heterocycles. The minimum atomic E-state index is -1.74. The molecule has 1 aromatic carbocycles. The number of piperidine rings is 1. The zero-order chi connectivity index (χ0) is 25.2. The van der Waals surface area contributed by atoms with E-state index in [4.69, 9.17) is 20.2 Å². The maximum atomic E-state index is 13.4. The number of allylic oxidation sites excluding steroid dienone is 1. The predicted molar refractivity (Wildman–Crippen MR) is 150 cm³/mol. The van der Waals surface area contributed by atoms with E-state index in [1.807, 2.05) is 47.9 Å². The molecule has 0 aromatic heterocycles. The molecule has 0 radical (unpaired) electrons. The van der Waals surface area contributed by atoms with Crippen molar-refractivity contribution in [1.29, 1.82) is 0 Å². The number of nitrogens with two attached hydrogens (primary N) is 1. The molecular formula is C27H37IN4O4. The number of likely N-dealkylation sites (tertiary alicyclic amines) is 1. The number of ether oxygens (including phenoxy) is 2. The van der Waals surface area contributed by atoms with Gasteiger partial charge in [-0.15, -0.1) is 0 Å². The van der Waals surface area contributed by atoms with Gasteiger partial charge in [0.2, 0.25) is 0 Å². The fraction of sp³-hybridized carbons (Fsp3) is 0.593. The van der Waals surface area contributed by atoms with Gasteiger partial charge in [0.1, 0.15) is 0 Å². The number of hydrogen-bond donors (Lipinski definition) is 1. The minimum absolute atomic E-state index is 0.0412. The molecule has 3 aliphatic heterocycles. The normalized spacial score (nSPS) is 26.1. The first-order chi connectivity index (χ1) is 17.4. The van der Waals surface area contributed by atoms with Gasteiger partial charge in [-0.3, -0.25) is 0 Å². The third-order valence-corrected chi connectivity index (χ3v) is 13.1. The molecule has 196 valence electrons. The van der Waals surface area contributed by atoms with E-state index < -0.39 is 19.8 Å². The van der Waals surface area contributed by atoms with Gasteiger partial charge in [0.25, 0.3) is 0 Å². The monoisotopic (exact) mass is 608 g/mol. The number of nitrogen functional groups attached to an aromatic ring is 1. The average molecular weight is 609 g/mol. The summed E-state index contributed by atoms with van der Waals surface area (Å²) in [6.45, 7) is 6.68. The van der Waals surface area contributed by atoms with Crippen molar-refractivity contribution in [2.24, 2.45) is 4.99 Å². The number of nitrogens with zero attached hydrogens (tertiary/aromatic N) is 3. The van der Waals surface area contributed by atoms with E-state index in [2.05, 4.69) is 0 Å². The summed E-state index contributed by atoms with van der Waals surface area (Å²) in [5.74, 6) is 1.02. The Bertz CT molecular complexity index is 1060. The number of halogens is 1. The number of alkyl halides is 2. The molecule has 2 amide bonds. The molecule has 36 heavy (non-hydrogen) atoms. The molecule has 2 fully saturated rings. The van der Waals surface area contributed by atoms with Gasteiger partial charge in [0.05, 0.1) is 0 Å². The Labute approximate surface area is 220 Å². The van der Waals surface area contributed by atoms with Crippen LogP contribution in [-0.4, -0.2) is 80.8 Å². The van der Waals surface area contributed by atoms with Crippen molar-refractivity contribution < 1.29 is 19.1 Å². The van der Waals surface area contributed by atoms with Crippen molar-refractivity contribution in [2.75, 3.05) is 40.9 Å². The van der Waals surface area contributed by atoms with E-state index >= 15 is 0 Å². The Morgan fingerprint density at radius 2 is 1.83 bits per heavy atom. The zero-order valence-electron chi connectivity index (χ0n) is 21.2. The summed E-state index contributed by atoms with van der Waals surface area (Å²) >= 11 is -1.74. The fourth-order valence-corrected chi connectivity index (χ4v) is 11.3. The van der Waals surface area contributed by atoms with E-state index in [1.54, 1.807) is 0 Å². The van der Waals surface area contributed by atoms with E-state index in [9.17, 15) is 9.59 Å². The van der Waals surface area contributed by atoms with Gasteiger partial charge in [-0.2, -0.15) is 0 Å². The molecule has 0 spiro atoms. The predicted octanol–water partition coefficient (Wildman–Crippen LogP) is 3.63. The summed E-state index contributed by atoms with van der Waals surface area (Å²) in [5.41, 5.74) is 8.50. The molecule has 1 aromatic rings. The second-order valence-electron chi connectivity index (χ2n) is 10.2. The standard InChI is InChI=1S/C27H37IN4O4/c1-18-15-32(16-19(2)35-18)27(34)26-21-6-5-7-22(21)28(17-30-26)14-25(33)31-12-10-20(11-13-31)36-24-9-4-3-8-23(24)29/h3-4,8-9,18-20H,5-7,10-17,29H2,1-2H3/t18-,19+. The van der Waals surface area contributed by atoms with Crippen LogP contribution < -0.4 is 10.5 Å². The average Bonchev–Trinajstić information content (AvgIpc) is 3.36. The Morgan fingerprint density at radius 1 is 1.11 bits per heavy atom. The van der Waals surface area contributed by atoms with E-state index in [0.29, 0.717) is 46.6 Å². The molecular weight excluding hydrogens is 571 g/mol. The van der Waals surface area contributed by atoms with Crippen LogP contribution >= 0.6 is 19.8 Å². The van der Waals surface area contributed by atoms with Gasteiger partial charge in [-0.05, 0) is 0 Å². The summed E-state index contributed by atoms with van der Waals surface area (Å²) in [7, 11) is 0. The first-order valence-corrected chi connectivity index (χ1v) is 17.1. The van der Waals surface area contributed by atoms with E-state index in [1.165, 1.54) is 9.15 Å². The van der Waals surface area contributed by atoms with Crippen LogP contribution in [0.25, 0.3) is 0 Å². The molecule has 0 bridgehead atoms. The molecule has 5 rings (SSSR count). The van der Waals surface area contributed by atoms with Crippen molar-refractivity contribution in [1.82, 2.24) is 9.80 Å². The van der Waals surface area contributed by atoms with Crippen molar-refractivity contribution in [3.05, 3.63) is 33.4 Å². The van der Waals surface area contributed by atoms with Gasteiger partial charge < -0.3 is 0 Å². The van der Waals surface area contributed by atoms with Crippen LogP contribution in [0.5, 0.6) is 5.75 Å². The van der Waals surface area contributed by atoms with Crippen LogP contribution in [0.2, 0.25) is 0 Å². The van der Waals surface area contributed by atoms with Gasteiger partial charge in [0.15, 0.2) is 0 Å². The number of aliphatic imine (C=N–C) groups is 1. The Kier molecular flexibility index (Phi) is 7.85. The molecule has 2 N–H and O–H groups in total. The zero-order valence-corrected chi connectivity index (χ0v) is 23.4. The Hall–Kier alpha value is -2.14. The molecule has 0 saturated carbocycles. The summed E-state index contributed by atoms with van der Waals surface area (Å²) in [6.07, 6.45) is 4.82. The number of anilines is 1. The van der Waals surface area contributed by atoms with Crippen LogP contribution in [0.1, 0.15) is 46.0 Å². The molecule has 1 aliphatic carbocycles. The van der Waals surface area contributed by atoms with Gasteiger partial charge in [-0.25, -0.2) is 0 Å². The number of hydrogen-bond acceptors (Lipinski definition) is 6. The second kappa shape index (κ2) is 11.1. The fourth-order valence-electron chi connectivity index (χ4n) is 5.57. The summed E-state index contributed by atoms with van der Waals surface area (Å²) in [5, 5.41) is 0. The first kappa shape index (κ1) is 25.5. The summed E-state index contributed by atoms with van der Waals surface area (Å²) in [4.78, 5) is 35.4. The Morgan fingerprint density at radius 3 is 2.56 bits per heavy atom. The number of para-hydroxylation sites is 2. The van der Waals surface area contributed by atoms with Crippen molar-refractivity contribution >= 4 is 43.0 Å². The van der Waals surface area contributed by atoms with E-state index in [0.717, 1.165) is 37.9 Å². The maximum absolute atomic E-state index is 13.4. The van der Waals surface area contributed by atoms with Gasteiger partial charge >= 0.3 is 221 Å². The quantitative estimate of drug-likeness (QED) is 0.239.